The lowest BCUT2D eigenvalue weighted by molar-refractivity contribution is -0.138. The zero-order valence-corrected chi connectivity index (χ0v) is 10.5. The van der Waals surface area contributed by atoms with Crippen LogP contribution in [0.4, 0.5) is 5.95 Å². The van der Waals surface area contributed by atoms with Gasteiger partial charge in [-0.1, -0.05) is 0 Å². The standard InChI is InChI=1S/C11H18N4O3/c1-6-9(16)7(2)14-11(13-6)15-8(10(17)18)4-3-5-12/h8,16H,3-5,12H2,1-2H3,(H,17,18)(H,13,14,15)/t8-/m0/s1. The highest BCUT2D eigenvalue weighted by Crippen LogP contribution is 2.19. The Morgan fingerprint density at radius 1 is 1.39 bits per heavy atom. The molecule has 0 amide bonds. The predicted molar refractivity (Wildman–Crippen MR) is 66.5 cm³/mol. The molecule has 0 saturated heterocycles. The van der Waals surface area contributed by atoms with Gasteiger partial charge in [-0.3, -0.25) is 0 Å². The number of aliphatic carboxylic acids is 1. The number of anilines is 1. The van der Waals surface area contributed by atoms with Crippen molar-refractivity contribution in [2.45, 2.75) is 32.7 Å². The maximum atomic E-state index is 11.0. The second-order valence-corrected chi connectivity index (χ2v) is 4.03. The molecule has 0 saturated carbocycles. The molecule has 0 bridgehead atoms. The minimum absolute atomic E-state index is 0.0226. The highest BCUT2D eigenvalue weighted by atomic mass is 16.4. The normalized spacial score (nSPS) is 12.2. The van der Waals surface area contributed by atoms with Gasteiger partial charge in [-0.2, -0.15) is 0 Å². The fourth-order valence-electron chi connectivity index (χ4n) is 1.51. The molecule has 0 unspecified atom stereocenters. The zero-order chi connectivity index (χ0) is 13.7. The molecule has 1 heterocycles. The third-order valence-corrected chi connectivity index (χ3v) is 2.53. The molecule has 18 heavy (non-hydrogen) atoms. The molecule has 0 aliphatic heterocycles. The van der Waals surface area contributed by atoms with Crippen LogP contribution in [0.25, 0.3) is 0 Å². The van der Waals surface area contributed by atoms with Gasteiger partial charge in [0.25, 0.3) is 0 Å². The molecular formula is C11H18N4O3. The quantitative estimate of drug-likeness (QED) is 0.579. The van der Waals surface area contributed by atoms with Crippen LogP contribution < -0.4 is 11.1 Å². The van der Waals surface area contributed by atoms with E-state index in [1.807, 2.05) is 0 Å². The van der Waals surface area contributed by atoms with Crippen molar-refractivity contribution in [2.24, 2.45) is 5.73 Å². The molecule has 100 valence electrons. The molecule has 7 heteroatoms. The minimum Gasteiger partial charge on any atom is -0.504 e. The number of carbonyl (C=O) groups is 1. The summed E-state index contributed by atoms with van der Waals surface area (Å²) in [6.07, 6.45) is 0.994. The number of nitrogens with two attached hydrogens (primary N) is 1. The molecule has 1 atom stereocenters. The van der Waals surface area contributed by atoms with Crippen LogP contribution in [0.5, 0.6) is 5.75 Å². The third-order valence-electron chi connectivity index (χ3n) is 2.53. The lowest BCUT2D eigenvalue weighted by Crippen LogP contribution is -2.30. The molecule has 1 aromatic rings. The van der Waals surface area contributed by atoms with Crippen molar-refractivity contribution in [2.75, 3.05) is 11.9 Å². The van der Waals surface area contributed by atoms with E-state index in [-0.39, 0.29) is 11.7 Å². The van der Waals surface area contributed by atoms with Gasteiger partial charge in [-0.05, 0) is 33.2 Å². The van der Waals surface area contributed by atoms with Gasteiger partial charge in [-0.15, -0.1) is 0 Å². The van der Waals surface area contributed by atoms with E-state index in [9.17, 15) is 9.90 Å². The molecule has 0 spiro atoms. The Bertz CT molecular complexity index is 413. The summed E-state index contributed by atoms with van der Waals surface area (Å²) in [7, 11) is 0. The summed E-state index contributed by atoms with van der Waals surface area (Å²) in [6, 6.07) is -0.781. The smallest absolute Gasteiger partial charge is 0.326 e. The first-order chi connectivity index (χ1) is 8.45. The van der Waals surface area contributed by atoms with E-state index in [1.54, 1.807) is 13.8 Å². The van der Waals surface area contributed by atoms with Crippen LogP contribution in [-0.2, 0) is 4.79 Å². The van der Waals surface area contributed by atoms with Crippen LogP contribution >= 0.6 is 0 Å². The van der Waals surface area contributed by atoms with Crippen LogP contribution in [-0.4, -0.2) is 38.7 Å². The van der Waals surface area contributed by atoms with Crippen LogP contribution in [0.2, 0.25) is 0 Å². The van der Waals surface area contributed by atoms with Crippen molar-refractivity contribution in [1.29, 1.82) is 0 Å². The largest absolute Gasteiger partial charge is 0.504 e. The molecular weight excluding hydrogens is 236 g/mol. The Hall–Kier alpha value is -1.89. The van der Waals surface area contributed by atoms with Crippen LogP contribution in [0.3, 0.4) is 0 Å². The van der Waals surface area contributed by atoms with Crippen LogP contribution in [0, 0.1) is 13.8 Å². The van der Waals surface area contributed by atoms with E-state index in [0.717, 1.165) is 0 Å². The summed E-state index contributed by atoms with van der Waals surface area (Å²) in [5.74, 6) is -0.753. The maximum absolute atomic E-state index is 11.0. The van der Waals surface area contributed by atoms with Crippen LogP contribution in [0.1, 0.15) is 24.2 Å². The van der Waals surface area contributed by atoms with Gasteiger partial charge >= 0.3 is 5.97 Å². The number of hydrogen-bond acceptors (Lipinski definition) is 6. The second-order valence-electron chi connectivity index (χ2n) is 4.03. The first-order valence-corrected chi connectivity index (χ1v) is 5.69. The average Bonchev–Trinajstić information content (AvgIpc) is 2.30. The molecule has 1 rings (SSSR count). The number of carboxylic acid groups (broad SMARTS) is 1. The number of hydrogen-bond donors (Lipinski definition) is 4. The van der Waals surface area contributed by atoms with E-state index < -0.39 is 12.0 Å². The number of rotatable bonds is 6. The maximum Gasteiger partial charge on any atom is 0.326 e. The number of aryl methyl sites for hydroxylation is 2. The van der Waals surface area contributed by atoms with Gasteiger partial charge in [0.2, 0.25) is 5.95 Å². The zero-order valence-electron chi connectivity index (χ0n) is 10.5. The Morgan fingerprint density at radius 3 is 2.39 bits per heavy atom. The van der Waals surface area contributed by atoms with Gasteiger partial charge in [-0.25, -0.2) is 14.8 Å². The molecule has 1 aromatic heterocycles. The average molecular weight is 254 g/mol. The van der Waals surface area contributed by atoms with Crippen molar-refractivity contribution in [3.05, 3.63) is 11.4 Å². The second kappa shape index (κ2) is 6.15. The number of aromatic nitrogens is 2. The summed E-state index contributed by atoms with van der Waals surface area (Å²) in [4.78, 5) is 19.0. The Kier molecular flexibility index (Phi) is 4.85. The van der Waals surface area contributed by atoms with E-state index >= 15 is 0 Å². The fraction of sp³-hybridized carbons (Fsp3) is 0.545. The van der Waals surface area contributed by atoms with Crippen LogP contribution in [0.15, 0.2) is 0 Å². The van der Waals surface area contributed by atoms with E-state index in [2.05, 4.69) is 15.3 Å². The number of aromatic hydroxyl groups is 1. The molecule has 0 radical (unpaired) electrons. The topological polar surface area (TPSA) is 121 Å². The molecule has 0 aliphatic carbocycles. The highest BCUT2D eigenvalue weighted by Gasteiger charge is 2.18. The monoisotopic (exact) mass is 254 g/mol. The van der Waals surface area contributed by atoms with Gasteiger partial charge < -0.3 is 21.3 Å². The first-order valence-electron chi connectivity index (χ1n) is 5.69. The Balaban J connectivity index is 2.84. The molecule has 0 aromatic carbocycles. The third kappa shape index (κ3) is 3.56. The molecule has 7 nitrogen and oxygen atoms in total. The van der Waals surface area contributed by atoms with Crippen molar-refractivity contribution in [1.82, 2.24) is 9.97 Å². The van der Waals surface area contributed by atoms with E-state index in [0.29, 0.717) is 30.8 Å². The lowest BCUT2D eigenvalue weighted by Gasteiger charge is -2.15. The summed E-state index contributed by atoms with van der Waals surface area (Å²) in [5.41, 5.74) is 6.17. The molecule has 0 fully saturated rings. The fourth-order valence-corrected chi connectivity index (χ4v) is 1.51. The van der Waals surface area contributed by atoms with Gasteiger partial charge in [0, 0.05) is 0 Å². The number of nitrogens with one attached hydrogen (secondary N) is 1. The van der Waals surface area contributed by atoms with Crippen molar-refractivity contribution in [3.8, 4) is 5.75 Å². The van der Waals surface area contributed by atoms with Crippen molar-refractivity contribution < 1.29 is 15.0 Å². The van der Waals surface area contributed by atoms with Gasteiger partial charge in [0.05, 0.1) is 11.4 Å². The minimum atomic E-state index is -0.976. The summed E-state index contributed by atoms with van der Waals surface area (Å²) in [5, 5.41) is 21.3. The molecule has 0 aliphatic rings. The number of carboxylic acids is 1. The van der Waals surface area contributed by atoms with E-state index in [1.165, 1.54) is 0 Å². The Labute approximate surface area is 105 Å². The lowest BCUT2D eigenvalue weighted by atomic mass is 10.1. The Morgan fingerprint density at radius 2 is 1.94 bits per heavy atom. The van der Waals surface area contributed by atoms with Gasteiger partial charge in [0.1, 0.15) is 6.04 Å². The highest BCUT2D eigenvalue weighted by molar-refractivity contribution is 5.76. The summed E-state index contributed by atoms with van der Waals surface area (Å²) < 4.78 is 0. The predicted octanol–water partition coefficient (Wildman–Crippen LogP) is 0.403. The number of nitrogens with zero attached hydrogens (tertiary/aromatic N) is 2. The van der Waals surface area contributed by atoms with Gasteiger partial charge in [0.15, 0.2) is 5.75 Å². The molecule has 5 N–H and O–H groups in total. The van der Waals surface area contributed by atoms with E-state index in [4.69, 9.17) is 10.8 Å². The summed E-state index contributed by atoms with van der Waals surface area (Å²) >= 11 is 0. The summed E-state index contributed by atoms with van der Waals surface area (Å²) in [6.45, 7) is 3.69. The first kappa shape index (κ1) is 14.2. The van der Waals surface area contributed by atoms with Crippen molar-refractivity contribution >= 4 is 11.9 Å². The van der Waals surface area contributed by atoms with Crippen molar-refractivity contribution in [3.63, 3.8) is 0 Å². The SMILES string of the molecule is Cc1nc(N[C@@H](CCCN)C(=O)O)nc(C)c1O.